The van der Waals surface area contributed by atoms with E-state index in [0.717, 1.165) is 67.7 Å². The highest BCUT2D eigenvalue weighted by molar-refractivity contribution is 7.26. The van der Waals surface area contributed by atoms with Crippen LogP contribution in [0.15, 0.2) is 164 Å². The standard InChI is InChI=1S/C47H35N5S.C2H6/c1-3-5-16-31(4-2)44-49-45(32-17-8-6-9-18-32)51-46(50-44)37-23-15-26-42-43(37)38-30-34(27-28-41(38)53-42)33-19-14-20-35(29-33)47-48-39-24-12-13-25-40(39)52(47)36-21-10-7-11-22-36;1-2/h4-30H,3H2,1-2H3;1-2H3/b16-5-,31-4+;. The summed E-state index contributed by atoms with van der Waals surface area (Å²) in [4.78, 5) is 20.3. The molecule has 0 atom stereocenters. The monoisotopic (exact) mass is 731 g/mol. The normalized spacial score (nSPS) is 11.7. The van der Waals surface area contributed by atoms with Gasteiger partial charge in [0.05, 0.1) is 11.0 Å². The number of nitrogens with zero attached hydrogens (tertiary/aromatic N) is 5. The van der Waals surface area contributed by atoms with Crippen LogP contribution in [0.1, 0.15) is 39.9 Å². The molecule has 0 fully saturated rings. The number of para-hydroxylation sites is 3. The second-order valence-electron chi connectivity index (χ2n) is 12.9. The van der Waals surface area contributed by atoms with E-state index in [-0.39, 0.29) is 0 Å². The van der Waals surface area contributed by atoms with Crippen LogP contribution in [0, 0.1) is 0 Å². The molecule has 268 valence electrons. The lowest BCUT2D eigenvalue weighted by Gasteiger charge is -2.11. The average molecular weight is 732 g/mol. The lowest BCUT2D eigenvalue weighted by molar-refractivity contribution is 1.04. The third-order valence-corrected chi connectivity index (χ3v) is 10.7. The van der Waals surface area contributed by atoms with Gasteiger partial charge in [0.25, 0.3) is 0 Å². The van der Waals surface area contributed by atoms with Gasteiger partial charge in [0.1, 0.15) is 5.82 Å². The van der Waals surface area contributed by atoms with Crippen LogP contribution < -0.4 is 0 Å². The van der Waals surface area contributed by atoms with E-state index in [4.69, 9.17) is 19.9 Å². The van der Waals surface area contributed by atoms with Gasteiger partial charge in [-0.1, -0.05) is 136 Å². The van der Waals surface area contributed by atoms with Crippen molar-refractivity contribution < 1.29 is 0 Å². The molecule has 9 rings (SSSR count). The van der Waals surface area contributed by atoms with Gasteiger partial charge in [-0.05, 0) is 73.0 Å². The zero-order chi connectivity index (χ0) is 37.7. The van der Waals surface area contributed by atoms with Crippen molar-refractivity contribution in [1.29, 1.82) is 0 Å². The van der Waals surface area contributed by atoms with Gasteiger partial charge in [0.15, 0.2) is 17.5 Å². The largest absolute Gasteiger partial charge is 0.292 e. The first kappa shape index (κ1) is 35.5. The molecular formula is C49H41N5S. The third kappa shape index (κ3) is 6.89. The van der Waals surface area contributed by atoms with E-state index in [1.807, 2.05) is 51.1 Å². The van der Waals surface area contributed by atoms with Gasteiger partial charge >= 0.3 is 0 Å². The van der Waals surface area contributed by atoms with Crippen molar-refractivity contribution in [3.63, 3.8) is 0 Å². The molecule has 3 heterocycles. The molecule has 6 heteroatoms. The molecule has 6 aromatic carbocycles. The second kappa shape index (κ2) is 15.8. The fourth-order valence-electron chi connectivity index (χ4n) is 6.98. The van der Waals surface area contributed by atoms with Gasteiger partial charge in [0.2, 0.25) is 0 Å². The summed E-state index contributed by atoms with van der Waals surface area (Å²) >= 11 is 1.80. The van der Waals surface area contributed by atoms with Crippen LogP contribution in [0.5, 0.6) is 0 Å². The van der Waals surface area contributed by atoms with Crippen LogP contribution in [-0.2, 0) is 0 Å². The number of imidazole rings is 1. The van der Waals surface area contributed by atoms with Crippen molar-refractivity contribution >= 4 is 48.1 Å². The van der Waals surface area contributed by atoms with Crippen LogP contribution in [-0.4, -0.2) is 24.5 Å². The van der Waals surface area contributed by atoms with Gasteiger partial charge in [0, 0.05) is 48.1 Å². The first-order valence-electron chi connectivity index (χ1n) is 18.9. The van der Waals surface area contributed by atoms with Crippen molar-refractivity contribution in [2.24, 2.45) is 0 Å². The molecule has 0 N–H and O–H groups in total. The predicted molar refractivity (Wildman–Crippen MR) is 234 cm³/mol. The molecule has 0 aliphatic heterocycles. The number of hydrogen-bond donors (Lipinski definition) is 0. The van der Waals surface area contributed by atoms with Crippen molar-refractivity contribution in [3.05, 3.63) is 170 Å². The fourth-order valence-corrected chi connectivity index (χ4v) is 8.09. The molecule has 0 spiro atoms. The fraction of sp³-hybridized carbons (Fsp3) is 0.102. The summed E-state index contributed by atoms with van der Waals surface area (Å²) in [5.74, 6) is 2.90. The Morgan fingerprint density at radius 2 is 1.31 bits per heavy atom. The minimum absolute atomic E-state index is 0.658. The summed E-state index contributed by atoms with van der Waals surface area (Å²) in [5, 5.41) is 2.33. The van der Waals surface area contributed by atoms with E-state index in [0.29, 0.717) is 17.5 Å². The first-order valence-corrected chi connectivity index (χ1v) is 19.7. The van der Waals surface area contributed by atoms with E-state index >= 15 is 0 Å². The number of thiophene rings is 1. The zero-order valence-electron chi connectivity index (χ0n) is 31.4. The summed E-state index contributed by atoms with van der Waals surface area (Å²) in [7, 11) is 0. The molecule has 3 aromatic heterocycles. The zero-order valence-corrected chi connectivity index (χ0v) is 32.3. The lowest BCUT2D eigenvalue weighted by atomic mass is 9.99. The summed E-state index contributed by atoms with van der Waals surface area (Å²) in [6.07, 6.45) is 7.24. The Balaban J connectivity index is 0.00000210. The van der Waals surface area contributed by atoms with Crippen LogP contribution in [0.25, 0.3) is 87.8 Å². The molecule has 0 amide bonds. The maximum atomic E-state index is 5.13. The van der Waals surface area contributed by atoms with E-state index in [9.17, 15) is 0 Å². The van der Waals surface area contributed by atoms with Gasteiger partial charge in [-0.3, -0.25) is 4.57 Å². The number of benzene rings is 6. The molecule has 0 saturated heterocycles. The molecule has 0 aliphatic rings. The van der Waals surface area contributed by atoms with Gasteiger partial charge < -0.3 is 0 Å². The van der Waals surface area contributed by atoms with E-state index in [1.165, 1.54) is 14.8 Å². The van der Waals surface area contributed by atoms with Gasteiger partial charge in [-0.25, -0.2) is 19.9 Å². The number of hydrogen-bond acceptors (Lipinski definition) is 5. The number of allylic oxidation sites excluding steroid dienone is 4. The number of fused-ring (bicyclic) bond motifs is 4. The molecule has 55 heavy (non-hydrogen) atoms. The number of rotatable bonds is 8. The third-order valence-electron chi connectivity index (χ3n) is 9.53. The topological polar surface area (TPSA) is 56.5 Å². The minimum atomic E-state index is 0.658. The molecule has 5 nitrogen and oxygen atoms in total. The number of aromatic nitrogens is 5. The highest BCUT2D eigenvalue weighted by Gasteiger charge is 2.19. The van der Waals surface area contributed by atoms with Crippen LogP contribution in [0.4, 0.5) is 0 Å². The highest BCUT2D eigenvalue weighted by Crippen LogP contribution is 2.42. The Hall–Kier alpha value is -6.50. The maximum absolute atomic E-state index is 5.13. The first-order chi connectivity index (χ1) is 27.2. The van der Waals surface area contributed by atoms with Crippen LogP contribution in [0.3, 0.4) is 0 Å². The van der Waals surface area contributed by atoms with Crippen molar-refractivity contribution in [1.82, 2.24) is 24.5 Å². The summed E-state index contributed by atoms with van der Waals surface area (Å²) in [6, 6.07) is 50.9. The van der Waals surface area contributed by atoms with E-state index < -0.39 is 0 Å². The van der Waals surface area contributed by atoms with Crippen molar-refractivity contribution in [3.8, 4) is 51.0 Å². The maximum Gasteiger partial charge on any atom is 0.164 e. The molecule has 0 saturated carbocycles. The van der Waals surface area contributed by atoms with Crippen LogP contribution >= 0.6 is 11.3 Å². The molecular weight excluding hydrogens is 691 g/mol. The lowest BCUT2D eigenvalue weighted by Crippen LogP contribution is -2.02. The Morgan fingerprint density at radius 1 is 0.618 bits per heavy atom. The second-order valence-corrected chi connectivity index (χ2v) is 14.0. The predicted octanol–water partition coefficient (Wildman–Crippen LogP) is 13.6. The molecule has 0 bridgehead atoms. The molecule has 0 radical (unpaired) electrons. The minimum Gasteiger partial charge on any atom is -0.292 e. The smallest absolute Gasteiger partial charge is 0.164 e. The highest BCUT2D eigenvalue weighted by atomic mass is 32.1. The molecule has 0 aliphatic carbocycles. The molecule has 9 aromatic rings. The Labute approximate surface area is 326 Å². The Kier molecular flexibility index (Phi) is 10.2. The SMILES string of the molecule is C/C=C(\C=C/CC)c1nc(-c2ccccc2)nc(-c2cccc3sc4ccc(-c5cccc(-c6nc7ccccc7n6-c6ccccc6)c5)cc4c23)n1.CC. The summed E-state index contributed by atoms with van der Waals surface area (Å²) in [6.45, 7) is 8.16. The Morgan fingerprint density at radius 3 is 2.11 bits per heavy atom. The quantitative estimate of drug-likeness (QED) is 0.146. The summed E-state index contributed by atoms with van der Waals surface area (Å²) < 4.78 is 4.66. The van der Waals surface area contributed by atoms with Crippen LogP contribution in [0.2, 0.25) is 0 Å². The van der Waals surface area contributed by atoms with Gasteiger partial charge in [-0.15, -0.1) is 11.3 Å². The van der Waals surface area contributed by atoms with Crippen molar-refractivity contribution in [2.45, 2.75) is 34.1 Å². The summed E-state index contributed by atoms with van der Waals surface area (Å²) in [5.41, 5.74) is 9.37. The average Bonchev–Trinajstić information content (AvgIpc) is 3.84. The van der Waals surface area contributed by atoms with Gasteiger partial charge in [-0.2, -0.15) is 0 Å². The van der Waals surface area contributed by atoms with E-state index in [1.54, 1.807) is 11.3 Å². The molecule has 0 unspecified atom stereocenters. The van der Waals surface area contributed by atoms with Crippen molar-refractivity contribution in [2.75, 3.05) is 0 Å². The Bertz CT molecular complexity index is 2830. The van der Waals surface area contributed by atoms with E-state index in [2.05, 4.69) is 145 Å².